The first-order valence-corrected chi connectivity index (χ1v) is 11.2. The number of hydrogen-bond donors (Lipinski definition) is 2. The number of anilines is 1. The van der Waals surface area contributed by atoms with Gasteiger partial charge in [0.1, 0.15) is 12.4 Å². The van der Waals surface area contributed by atoms with Crippen molar-refractivity contribution >= 4 is 5.69 Å². The molecule has 0 aromatic heterocycles. The lowest BCUT2D eigenvalue weighted by Crippen LogP contribution is -2.38. The van der Waals surface area contributed by atoms with E-state index < -0.39 is 6.10 Å². The number of rotatable bonds is 8. The summed E-state index contributed by atoms with van der Waals surface area (Å²) in [6.07, 6.45) is 1.33. The van der Waals surface area contributed by atoms with Crippen LogP contribution in [-0.2, 0) is 19.6 Å². The number of hydrogen-bond acceptors (Lipinski definition) is 4. The Labute approximate surface area is 185 Å². The molecular formula is C27H32N2O2. The number of benzene rings is 3. The summed E-state index contributed by atoms with van der Waals surface area (Å²) in [4.78, 5) is 2.26. The fourth-order valence-electron chi connectivity index (χ4n) is 4.53. The minimum absolute atomic E-state index is 0.0980. The second kappa shape index (κ2) is 9.99. The molecule has 0 radical (unpaired) electrons. The normalized spacial score (nSPS) is 17.8. The molecular weight excluding hydrogens is 384 g/mol. The van der Waals surface area contributed by atoms with Gasteiger partial charge in [0, 0.05) is 19.6 Å². The van der Waals surface area contributed by atoms with Crippen molar-refractivity contribution in [3.8, 4) is 5.75 Å². The predicted octanol–water partition coefficient (Wildman–Crippen LogP) is 4.86. The standard InChI is InChI=1S/C27H32N2O2/c1-3-28-24-16-14-22-23(27(24)30)15-17-25(31-19-21-12-8-5-9-13-21)26(22)29(2)18-20-10-6-4-7-11-20/h4-13,15,17,24,27-28,30H,3,14,16,18-19H2,1-2H3/t24-,27-/m1/s1. The third kappa shape index (κ3) is 4.92. The van der Waals surface area contributed by atoms with Gasteiger partial charge in [-0.1, -0.05) is 73.7 Å². The van der Waals surface area contributed by atoms with Gasteiger partial charge in [-0.05, 0) is 47.7 Å². The highest BCUT2D eigenvalue weighted by Crippen LogP contribution is 2.42. The third-order valence-corrected chi connectivity index (χ3v) is 6.03. The number of aliphatic hydroxyl groups is 1. The molecule has 0 spiro atoms. The van der Waals surface area contributed by atoms with E-state index in [0.29, 0.717) is 6.61 Å². The summed E-state index contributed by atoms with van der Waals surface area (Å²) in [5.74, 6) is 0.870. The molecule has 0 saturated heterocycles. The maximum Gasteiger partial charge on any atom is 0.143 e. The number of aliphatic hydroxyl groups excluding tert-OH is 1. The third-order valence-electron chi connectivity index (χ3n) is 6.03. The quantitative estimate of drug-likeness (QED) is 0.550. The zero-order valence-electron chi connectivity index (χ0n) is 18.4. The van der Waals surface area contributed by atoms with E-state index in [0.717, 1.165) is 48.5 Å². The largest absolute Gasteiger partial charge is 0.487 e. The molecule has 1 aliphatic rings. The smallest absolute Gasteiger partial charge is 0.143 e. The second-order valence-corrected chi connectivity index (χ2v) is 8.24. The van der Waals surface area contributed by atoms with Crippen LogP contribution in [0.1, 0.15) is 41.7 Å². The van der Waals surface area contributed by atoms with Crippen LogP contribution in [0, 0.1) is 0 Å². The zero-order valence-corrected chi connectivity index (χ0v) is 18.4. The molecule has 2 N–H and O–H groups in total. The molecule has 4 nitrogen and oxygen atoms in total. The molecule has 3 aromatic carbocycles. The molecule has 162 valence electrons. The molecule has 2 atom stereocenters. The first-order chi connectivity index (χ1) is 15.2. The molecule has 3 aromatic rings. The Balaban J connectivity index is 1.67. The number of ether oxygens (including phenoxy) is 1. The minimum atomic E-state index is -0.504. The van der Waals surface area contributed by atoms with E-state index in [9.17, 15) is 5.11 Å². The number of likely N-dealkylation sites (N-methyl/N-ethyl adjacent to an activating group) is 1. The van der Waals surface area contributed by atoms with Crippen molar-refractivity contribution in [2.24, 2.45) is 0 Å². The lowest BCUT2D eigenvalue weighted by molar-refractivity contribution is 0.116. The van der Waals surface area contributed by atoms with Crippen molar-refractivity contribution in [3.05, 3.63) is 95.1 Å². The lowest BCUT2D eigenvalue weighted by atomic mass is 9.84. The average Bonchev–Trinajstić information content (AvgIpc) is 2.80. The lowest BCUT2D eigenvalue weighted by Gasteiger charge is -2.35. The highest BCUT2D eigenvalue weighted by molar-refractivity contribution is 5.67. The van der Waals surface area contributed by atoms with Crippen molar-refractivity contribution in [1.29, 1.82) is 0 Å². The zero-order chi connectivity index (χ0) is 21.6. The molecule has 0 fully saturated rings. The van der Waals surface area contributed by atoms with Gasteiger partial charge in [0.05, 0.1) is 11.8 Å². The van der Waals surface area contributed by atoms with Gasteiger partial charge in [-0.15, -0.1) is 0 Å². The summed E-state index contributed by atoms with van der Waals surface area (Å²) >= 11 is 0. The average molecular weight is 417 g/mol. The maximum absolute atomic E-state index is 11.0. The Hall–Kier alpha value is -2.82. The number of nitrogens with one attached hydrogen (secondary N) is 1. The van der Waals surface area contributed by atoms with E-state index in [-0.39, 0.29) is 6.04 Å². The maximum atomic E-state index is 11.0. The van der Waals surface area contributed by atoms with Crippen molar-refractivity contribution < 1.29 is 9.84 Å². The van der Waals surface area contributed by atoms with Crippen LogP contribution >= 0.6 is 0 Å². The summed E-state index contributed by atoms with van der Waals surface area (Å²) in [6, 6.07) is 24.9. The molecule has 4 rings (SSSR count). The first kappa shape index (κ1) is 21.4. The Morgan fingerprint density at radius 3 is 2.32 bits per heavy atom. The summed E-state index contributed by atoms with van der Waals surface area (Å²) in [7, 11) is 2.11. The molecule has 4 heteroatoms. The van der Waals surface area contributed by atoms with Crippen LogP contribution in [0.4, 0.5) is 5.69 Å². The molecule has 0 amide bonds. The van der Waals surface area contributed by atoms with Gasteiger partial charge in [-0.3, -0.25) is 0 Å². The van der Waals surface area contributed by atoms with Gasteiger partial charge < -0.3 is 20.1 Å². The van der Waals surface area contributed by atoms with Gasteiger partial charge in [0.25, 0.3) is 0 Å². The molecule has 0 bridgehead atoms. The fraction of sp³-hybridized carbons (Fsp3) is 0.333. The van der Waals surface area contributed by atoms with E-state index >= 15 is 0 Å². The highest BCUT2D eigenvalue weighted by Gasteiger charge is 2.31. The predicted molar refractivity (Wildman–Crippen MR) is 127 cm³/mol. The fourth-order valence-corrected chi connectivity index (χ4v) is 4.53. The summed E-state index contributed by atoms with van der Waals surface area (Å²) in [6.45, 7) is 4.25. The van der Waals surface area contributed by atoms with Crippen LogP contribution in [0.2, 0.25) is 0 Å². The molecule has 0 aliphatic heterocycles. The van der Waals surface area contributed by atoms with E-state index in [4.69, 9.17) is 4.74 Å². The topological polar surface area (TPSA) is 44.7 Å². The van der Waals surface area contributed by atoms with E-state index in [1.807, 2.05) is 36.4 Å². The second-order valence-electron chi connectivity index (χ2n) is 8.24. The van der Waals surface area contributed by atoms with Crippen LogP contribution < -0.4 is 15.0 Å². The van der Waals surface area contributed by atoms with Gasteiger partial charge in [0.2, 0.25) is 0 Å². The van der Waals surface area contributed by atoms with Crippen molar-refractivity contribution in [2.45, 2.75) is 45.1 Å². The van der Waals surface area contributed by atoms with Gasteiger partial charge in [-0.25, -0.2) is 0 Å². The Morgan fingerprint density at radius 2 is 1.65 bits per heavy atom. The highest BCUT2D eigenvalue weighted by atomic mass is 16.5. The van der Waals surface area contributed by atoms with Crippen molar-refractivity contribution in [3.63, 3.8) is 0 Å². The Bertz CT molecular complexity index is 975. The molecule has 0 heterocycles. The molecule has 0 saturated carbocycles. The van der Waals surface area contributed by atoms with E-state index in [1.54, 1.807) is 0 Å². The SMILES string of the molecule is CCN[C@@H]1CCc2c(ccc(OCc3ccccc3)c2N(C)Cc2ccccc2)[C@H]1O. The van der Waals surface area contributed by atoms with Crippen LogP contribution in [0.5, 0.6) is 5.75 Å². The number of fused-ring (bicyclic) bond motifs is 1. The molecule has 31 heavy (non-hydrogen) atoms. The number of nitrogens with zero attached hydrogens (tertiary/aromatic N) is 1. The van der Waals surface area contributed by atoms with Gasteiger partial charge in [-0.2, -0.15) is 0 Å². The summed E-state index contributed by atoms with van der Waals surface area (Å²) in [5, 5.41) is 14.5. The van der Waals surface area contributed by atoms with E-state index in [2.05, 4.69) is 60.6 Å². The van der Waals surface area contributed by atoms with Gasteiger partial charge >= 0.3 is 0 Å². The summed E-state index contributed by atoms with van der Waals surface area (Å²) < 4.78 is 6.32. The Morgan fingerprint density at radius 1 is 0.968 bits per heavy atom. The van der Waals surface area contributed by atoms with Crippen LogP contribution in [0.3, 0.4) is 0 Å². The molecule has 0 unspecified atom stereocenters. The summed E-state index contributed by atoms with van der Waals surface area (Å²) in [5.41, 5.74) is 5.69. The molecule has 1 aliphatic carbocycles. The van der Waals surface area contributed by atoms with E-state index in [1.165, 1.54) is 11.1 Å². The van der Waals surface area contributed by atoms with Crippen LogP contribution in [0.15, 0.2) is 72.8 Å². The van der Waals surface area contributed by atoms with Crippen molar-refractivity contribution in [2.75, 3.05) is 18.5 Å². The Kier molecular flexibility index (Phi) is 6.90. The van der Waals surface area contributed by atoms with Crippen LogP contribution in [0.25, 0.3) is 0 Å². The van der Waals surface area contributed by atoms with Crippen molar-refractivity contribution in [1.82, 2.24) is 5.32 Å². The monoisotopic (exact) mass is 416 g/mol. The minimum Gasteiger partial charge on any atom is -0.487 e. The van der Waals surface area contributed by atoms with Crippen LogP contribution in [-0.4, -0.2) is 24.7 Å². The first-order valence-electron chi connectivity index (χ1n) is 11.2. The van der Waals surface area contributed by atoms with Gasteiger partial charge in [0.15, 0.2) is 0 Å².